The molecule has 1 fully saturated rings. The Labute approximate surface area is 51.2 Å². The summed E-state index contributed by atoms with van der Waals surface area (Å²) in [4.78, 5) is 10.4. The first kappa shape index (κ1) is 5.51. The van der Waals surface area contributed by atoms with Gasteiger partial charge in [0.05, 0.1) is 5.75 Å². The Morgan fingerprint density at radius 1 is 1.43 bits per heavy atom. The Balaban J connectivity index is 2.25. The van der Waals surface area contributed by atoms with Crippen molar-refractivity contribution in [2.45, 2.75) is 0 Å². The molecule has 40 valence electrons. The van der Waals surface area contributed by atoms with E-state index in [-0.39, 0.29) is 0 Å². The summed E-state index contributed by atoms with van der Waals surface area (Å²) in [7, 11) is 0. The van der Waals surface area contributed by atoms with E-state index in [1.807, 2.05) is 0 Å². The summed E-state index contributed by atoms with van der Waals surface area (Å²) in [5, 5.41) is 0.344. The molecule has 0 aromatic rings. The summed E-state index contributed by atoms with van der Waals surface area (Å²) >= 11 is 3.19. The number of carbonyl (C=O) groups is 1. The van der Waals surface area contributed by atoms with Gasteiger partial charge in [-0.2, -0.15) is 11.8 Å². The SMILES string of the molecule is O=C1CSCCS1. The maximum Gasteiger partial charge on any atom is 0.198 e. The van der Waals surface area contributed by atoms with E-state index in [1.54, 1.807) is 11.8 Å². The highest BCUT2D eigenvalue weighted by Gasteiger charge is 2.07. The van der Waals surface area contributed by atoms with Crippen molar-refractivity contribution < 1.29 is 4.79 Å². The highest BCUT2D eigenvalue weighted by atomic mass is 32.2. The molecule has 0 spiro atoms. The standard InChI is InChI=1S/C4H6OS2/c5-4-3-6-1-2-7-4/h1-3H2. The van der Waals surface area contributed by atoms with Gasteiger partial charge in [-0.3, -0.25) is 4.79 Å². The fourth-order valence-corrected chi connectivity index (χ4v) is 2.34. The normalized spacial score (nSPS) is 22.6. The van der Waals surface area contributed by atoms with Gasteiger partial charge in [0.2, 0.25) is 0 Å². The molecule has 7 heavy (non-hydrogen) atoms. The first-order valence-corrected chi connectivity index (χ1v) is 4.27. The van der Waals surface area contributed by atoms with Gasteiger partial charge in [0.15, 0.2) is 5.12 Å². The van der Waals surface area contributed by atoms with Crippen molar-refractivity contribution in [1.29, 1.82) is 0 Å². The van der Waals surface area contributed by atoms with E-state index in [1.165, 1.54) is 11.8 Å². The molecule has 0 unspecified atom stereocenters. The van der Waals surface area contributed by atoms with Gasteiger partial charge in [0, 0.05) is 11.5 Å². The van der Waals surface area contributed by atoms with E-state index >= 15 is 0 Å². The number of hydrogen-bond acceptors (Lipinski definition) is 3. The molecule has 0 saturated carbocycles. The van der Waals surface area contributed by atoms with E-state index in [4.69, 9.17) is 0 Å². The lowest BCUT2D eigenvalue weighted by molar-refractivity contribution is -0.108. The Bertz CT molecular complexity index is 73.8. The van der Waals surface area contributed by atoms with Crippen LogP contribution in [0.4, 0.5) is 0 Å². The van der Waals surface area contributed by atoms with Crippen LogP contribution in [-0.2, 0) is 4.79 Å². The van der Waals surface area contributed by atoms with Crippen LogP contribution < -0.4 is 0 Å². The van der Waals surface area contributed by atoms with Gasteiger partial charge in [-0.05, 0) is 0 Å². The third-order valence-electron chi connectivity index (χ3n) is 0.711. The summed E-state index contributed by atoms with van der Waals surface area (Å²) < 4.78 is 0. The molecule has 3 heteroatoms. The fourth-order valence-electron chi connectivity index (χ4n) is 0.412. The van der Waals surface area contributed by atoms with Crippen molar-refractivity contribution >= 4 is 28.6 Å². The van der Waals surface area contributed by atoms with E-state index in [9.17, 15) is 4.79 Å². The maximum absolute atomic E-state index is 10.4. The Hall–Kier alpha value is 0.370. The van der Waals surface area contributed by atoms with Crippen molar-refractivity contribution in [3.05, 3.63) is 0 Å². The average molecular weight is 134 g/mol. The van der Waals surface area contributed by atoms with Crippen LogP contribution in [0.25, 0.3) is 0 Å². The minimum absolute atomic E-state index is 0.344. The summed E-state index contributed by atoms with van der Waals surface area (Å²) in [6.07, 6.45) is 0. The summed E-state index contributed by atoms with van der Waals surface area (Å²) in [6.45, 7) is 0. The second kappa shape index (κ2) is 2.62. The molecule has 1 saturated heterocycles. The zero-order valence-corrected chi connectivity index (χ0v) is 5.48. The third-order valence-corrected chi connectivity index (χ3v) is 2.99. The number of thioether (sulfide) groups is 2. The van der Waals surface area contributed by atoms with Gasteiger partial charge < -0.3 is 0 Å². The molecule has 0 amide bonds. The smallest absolute Gasteiger partial charge is 0.198 e. The van der Waals surface area contributed by atoms with E-state index < -0.39 is 0 Å². The minimum atomic E-state index is 0.344. The quantitative estimate of drug-likeness (QED) is 0.492. The molecule has 1 rings (SSSR count). The lowest BCUT2D eigenvalue weighted by Gasteiger charge is -2.04. The van der Waals surface area contributed by atoms with Crippen molar-refractivity contribution in [2.75, 3.05) is 17.3 Å². The molecule has 0 bridgehead atoms. The molecular formula is C4H6OS2. The zero-order valence-electron chi connectivity index (χ0n) is 3.85. The predicted octanol–water partition coefficient (Wildman–Crippen LogP) is 0.993. The van der Waals surface area contributed by atoms with Crippen LogP contribution in [-0.4, -0.2) is 22.4 Å². The fraction of sp³-hybridized carbons (Fsp3) is 0.750. The van der Waals surface area contributed by atoms with Gasteiger partial charge in [-0.1, -0.05) is 11.8 Å². The second-order valence-electron chi connectivity index (χ2n) is 1.27. The first-order chi connectivity index (χ1) is 3.39. The average Bonchev–Trinajstić information content (AvgIpc) is 1.69. The van der Waals surface area contributed by atoms with Crippen LogP contribution in [0.1, 0.15) is 0 Å². The van der Waals surface area contributed by atoms with E-state index in [0.29, 0.717) is 5.12 Å². The van der Waals surface area contributed by atoms with Gasteiger partial charge in [-0.25, -0.2) is 0 Å². The zero-order chi connectivity index (χ0) is 5.11. The molecule has 0 radical (unpaired) electrons. The van der Waals surface area contributed by atoms with Gasteiger partial charge in [0.1, 0.15) is 0 Å². The summed E-state index contributed by atoms with van der Waals surface area (Å²) in [6, 6.07) is 0. The van der Waals surface area contributed by atoms with Crippen LogP contribution in [0.5, 0.6) is 0 Å². The Morgan fingerprint density at radius 3 is 2.57 bits per heavy atom. The van der Waals surface area contributed by atoms with E-state index in [0.717, 1.165) is 17.3 Å². The summed E-state index contributed by atoms with van der Waals surface area (Å²) in [5.74, 6) is 2.89. The molecule has 0 aromatic carbocycles. The van der Waals surface area contributed by atoms with Crippen molar-refractivity contribution in [3.8, 4) is 0 Å². The lowest BCUT2D eigenvalue weighted by atomic mass is 10.9. The Morgan fingerprint density at radius 2 is 2.29 bits per heavy atom. The number of carbonyl (C=O) groups excluding carboxylic acids is 1. The molecule has 0 aromatic heterocycles. The van der Waals surface area contributed by atoms with Crippen LogP contribution in [0.2, 0.25) is 0 Å². The predicted molar refractivity (Wildman–Crippen MR) is 34.8 cm³/mol. The minimum Gasteiger partial charge on any atom is -0.286 e. The maximum atomic E-state index is 10.4. The highest BCUT2D eigenvalue weighted by Crippen LogP contribution is 2.16. The largest absolute Gasteiger partial charge is 0.286 e. The molecule has 1 nitrogen and oxygen atoms in total. The van der Waals surface area contributed by atoms with Crippen molar-refractivity contribution in [2.24, 2.45) is 0 Å². The summed E-state index contributed by atoms with van der Waals surface area (Å²) in [5.41, 5.74) is 0. The van der Waals surface area contributed by atoms with Crippen LogP contribution >= 0.6 is 23.5 Å². The molecular weight excluding hydrogens is 128 g/mol. The van der Waals surface area contributed by atoms with Crippen LogP contribution in [0.15, 0.2) is 0 Å². The lowest BCUT2D eigenvalue weighted by Crippen LogP contribution is -2.05. The monoisotopic (exact) mass is 134 g/mol. The molecule has 0 N–H and O–H groups in total. The molecule has 1 aliphatic heterocycles. The van der Waals surface area contributed by atoms with E-state index in [2.05, 4.69) is 0 Å². The topological polar surface area (TPSA) is 17.1 Å². The third kappa shape index (κ3) is 1.74. The molecule has 1 aliphatic rings. The molecule has 0 aliphatic carbocycles. The Kier molecular flexibility index (Phi) is 2.06. The first-order valence-electron chi connectivity index (χ1n) is 2.13. The van der Waals surface area contributed by atoms with Gasteiger partial charge in [0.25, 0.3) is 0 Å². The van der Waals surface area contributed by atoms with Gasteiger partial charge >= 0.3 is 0 Å². The molecule has 1 heterocycles. The number of hydrogen-bond donors (Lipinski definition) is 0. The molecule has 0 atom stereocenters. The second-order valence-corrected chi connectivity index (χ2v) is 3.53. The van der Waals surface area contributed by atoms with Crippen LogP contribution in [0.3, 0.4) is 0 Å². The van der Waals surface area contributed by atoms with Crippen molar-refractivity contribution in [1.82, 2.24) is 0 Å². The number of rotatable bonds is 0. The van der Waals surface area contributed by atoms with Crippen LogP contribution in [0, 0.1) is 0 Å². The highest BCUT2D eigenvalue weighted by molar-refractivity contribution is 8.18. The van der Waals surface area contributed by atoms with Crippen molar-refractivity contribution in [3.63, 3.8) is 0 Å². The van der Waals surface area contributed by atoms with Gasteiger partial charge in [-0.15, -0.1) is 0 Å².